The maximum Gasteiger partial charge on any atom is 0.339 e. The molecule has 0 aliphatic heterocycles. The molecular weight excluding hydrogens is 471 g/mol. The van der Waals surface area contributed by atoms with Crippen molar-refractivity contribution in [3.8, 4) is 33.0 Å². The normalized spacial score (nSPS) is 10.6. The van der Waals surface area contributed by atoms with Crippen LogP contribution < -0.4 is 10.6 Å². The van der Waals surface area contributed by atoms with Gasteiger partial charge in [-0.05, 0) is 38.1 Å². The molecule has 0 bridgehead atoms. The number of pyridine rings is 3. The van der Waals surface area contributed by atoms with Gasteiger partial charge >= 0.3 is 12.0 Å². The number of nitrogens with one attached hydrogen (secondary N) is 2. The average Bonchev–Trinajstić information content (AvgIpc) is 3.35. The van der Waals surface area contributed by atoms with E-state index in [1.54, 1.807) is 55.9 Å². The second-order valence-electron chi connectivity index (χ2n) is 7.16. The fourth-order valence-corrected chi connectivity index (χ4v) is 4.11. The highest BCUT2D eigenvalue weighted by Gasteiger charge is 2.18. The minimum absolute atomic E-state index is 0.239. The van der Waals surface area contributed by atoms with Gasteiger partial charge in [-0.3, -0.25) is 10.3 Å². The lowest BCUT2D eigenvalue weighted by atomic mass is 10.0. The Labute approximate surface area is 204 Å². The number of hydrogen-bond acceptors (Lipinski definition) is 8. The van der Waals surface area contributed by atoms with E-state index in [2.05, 4.69) is 30.6 Å². The van der Waals surface area contributed by atoms with Crippen LogP contribution in [0.25, 0.3) is 33.0 Å². The second kappa shape index (κ2) is 10.8. The summed E-state index contributed by atoms with van der Waals surface area (Å²) >= 11 is 1.30. The number of anilines is 1. The lowest BCUT2D eigenvalue weighted by molar-refractivity contribution is 0.0526. The first kappa shape index (κ1) is 23.9. The van der Waals surface area contributed by atoms with Gasteiger partial charge in [0.2, 0.25) is 5.95 Å². The summed E-state index contributed by atoms with van der Waals surface area (Å²) in [5.74, 6) is -0.813. The van der Waals surface area contributed by atoms with Crippen molar-refractivity contribution < 1.29 is 18.7 Å². The number of halogens is 1. The van der Waals surface area contributed by atoms with Gasteiger partial charge in [0, 0.05) is 53.4 Å². The summed E-state index contributed by atoms with van der Waals surface area (Å²) in [7, 11) is 0. The number of nitrogens with zero attached hydrogens (tertiary/aromatic N) is 4. The van der Waals surface area contributed by atoms with Gasteiger partial charge in [0.05, 0.1) is 23.4 Å². The Balaban J connectivity index is 1.80. The SMILES string of the molecule is CCNC(=O)Nc1cc(-c2nc(-c3cccnc3F)cs2)c(-c2cncc(C(=O)OCC)c2)cn1. The average molecular weight is 493 g/mol. The number of rotatable bonds is 7. The summed E-state index contributed by atoms with van der Waals surface area (Å²) in [4.78, 5) is 41.1. The van der Waals surface area contributed by atoms with Crippen molar-refractivity contribution in [3.63, 3.8) is 0 Å². The van der Waals surface area contributed by atoms with Crippen molar-refractivity contribution in [1.29, 1.82) is 0 Å². The third kappa shape index (κ3) is 5.46. The molecule has 0 fully saturated rings. The molecule has 4 heterocycles. The summed E-state index contributed by atoms with van der Waals surface area (Å²) in [5, 5.41) is 7.61. The molecule has 11 heteroatoms. The van der Waals surface area contributed by atoms with E-state index in [-0.39, 0.29) is 17.7 Å². The number of aromatic nitrogens is 4. The zero-order valence-corrected chi connectivity index (χ0v) is 19.7. The minimum atomic E-state index is -0.621. The number of amides is 2. The van der Waals surface area contributed by atoms with Crippen LogP contribution in [0.5, 0.6) is 0 Å². The lowest BCUT2D eigenvalue weighted by Crippen LogP contribution is -2.28. The molecule has 0 atom stereocenters. The van der Waals surface area contributed by atoms with Gasteiger partial charge in [0.15, 0.2) is 0 Å². The Morgan fingerprint density at radius 2 is 1.94 bits per heavy atom. The molecule has 0 saturated heterocycles. The topological polar surface area (TPSA) is 119 Å². The molecule has 0 aliphatic rings. The molecule has 2 amide bonds. The molecule has 4 rings (SSSR count). The van der Waals surface area contributed by atoms with Crippen LogP contribution in [-0.2, 0) is 4.74 Å². The van der Waals surface area contributed by atoms with E-state index in [9.17, 15) is 14.0 Å². The molecule has 0 saturated carbocycles. The molecule has 0 unspecified atom stereocenters. The van der Waals surface area contributed by atoms with Gasteiger partial charge in [-0.2, -0.15) is 4.39 Å². The molecule has 0 aliphatic carbocycles. The minimum Gasteiger partial charge on any atom is -0.462 e. The monoisotopic (exact) mass is 492 g/mol. The number of hydrogen-bond donors (Lipinski definition) is 2. The highest BCUT2D eigenvalue weighted by molar-refractivity contribution is 7.13. The Bertz CT molecular complexity index is 1380. The van der Waals surface area contributed by atoms with Crippen molar-refractivity contribution in [2.24, 2.45) is 0 Å². The van der Waals surface area contributed by atoms with Gasteiger partial charge < -0.3 is 10.1 Å². The fraction of sp³-hybridized carbons (Fsp3) is 0.167. The Morgan fingerprint density at radius 1 is 1.09 bits per heavy atom. The van der Waals surface area contributed by atoms with Gasteiger partial charge in [-0.25, -0.2) is 24.5 Å². The van der Waals surface area contributed by atoms with Crippen molar-refractivity contribution >= 4 is 29.2 Å². The molecule has 0 aromatic carbocycles. The first-order chi connectivity index (χ1) is 17.0. The highest BCUT2D eigenvalue weighted by atomic mass is 32.1. The Hall–Kier alpha value is -4.25. The van der Waals surface area contributed by atoms with Crippen LogP contribution in [0.4, 0.5) is 15.0 Å². The quantitative estimate of drug-likeness (QED) is 0.281. The van der Waals surface area contributed by atoms with Crippen LogP contribution in [0.15, 0.2) is 54.4 Å². The van der Waals surface area contributed by atoms with Crippen molar-refractivity contribution in [2.75, 3.05) is 18.5 Å². The highest BCUT2D eigenvalue weighted by Crippen LogP contribution is 2.37. The zero-order chi connectivity index (χ0) is 24.8. The Kier molecular flexibility index (Phi) is 7.36. The molecule has 178 valence electrons. The van der Waals surface area contributed by atoms with E-state index >= 15 is 0 Å². The second-order valence-corrected chi connectivity index (χ2v) is 8.02. The van der Waals surface area contributed by atoms with Crippen LogP contribution in [0, 0.1) is 5.95 Å². The zero-order valence-electron chi connectivity index (χ0n) is 18.9. The first-order valence-corrected chi connectivity index (χ1v) is 11.6. The Morgan fingerprint density at radius 3 is 2.71 bits per heavy atom. The maximum absolute atomic E-state index is 14.2. The van der Waals surface area contributed by atoms with Crippen LogP contribution in [0.1, 0.15) is 24.2 Å². The summed E-state index contributed by atoms with van der Waals surface area (Å²) in [6, 6.07) is 6.16. The van der Waals surface area contributed by atoms with Crippen LogP contribution in [0.3, 0.4) is 0 Å². The van der Waals surface area contributed by atoms with Crippen LogP contribution in [0.2, 0.25) is 0 Å². The third-order valence-corrected chi connectivity index (χ3v) is 5.69. The number of carbonyl (C=O) groups excluding carboxylic acids is 2. The van der Waals surface area contributed by atoms with Gasteiger partial charge in [0.1, 0.15) is 10.8 Å². The van der Waals surface area contributed by atoms with Gasteiger partial charge in [0.25, 0.3) is 0 Å². The molecule has 0 spiro atoms. The molecular formula is C24H21FN6O3S. The largest absolute Gasteiger partial charge is 0.462 e. The van der Waals surface area contributed by atoms with Gasteiger partial charge in [-0.15, -0.1) is 11.3 Å². The lowest BCUT2D eigenvalue weighted by Gasteiger charge is -2.11. The van der Waals surface area contributed by atoms with Crippen molar-refractivity contribution in [2.45, 2.75) is 13.8 Å². The predicted octanol–water partition coefficient (Wildman–Crippen LogP) is 4.79. The molecule has 9 nitrogen and oxygen atoms in total. The van der Waals surface area contributed by atoms with Crippen LogP contribution >= 0.6 is 11.3 Å². The maximum atomic E-state index is 14.2. The van der Waals surface area contributed by atoms with Crippen LogP contribution in [-0.4, -0.2) is 45.1 Å². The number of ether oxygens (including phenoxy) is 1. The molecule has 4 aromatic heterocycles. The van der Waals surface area contributed by atoms with E-state index in [0.29, 0.717) is 39.8 Å². The number of thiazole rings is 1. The summed E-state index contributed by atoms with van der Waals surface area (Å²) in [6.07, 6.45) is 5.95. The third-order valence-electron chi connectivity index (χ3n) is 4.81. The first-order valence-electron chi connectivity index (χ1n) is 10.7. The number of carbonyl (C=O) groups is 2. The van der Waals surface area contributed by atoms with E-state index < -0.39 is 17.9 Å². The number of esters is 1. The van der Waals surface area contributed by atoms with Crippen molar-refractivity contribution in [1.82, 2.24) is 25.3 Å². The van der Waals surface area contributed by atoms with E-state index in [4.69, 9.17) is 4.74 Å². The molecule has 4 aromatic rings. The predicted molar refractivity (Wildman–Crippen MR) is 130 cm³/mol. The smallest absolute Gasteiger partial charge is 0.339 e. The van der Waals surface area contributed by atoms with E-state index in [1.807, 2.05) is 0 Å². The van der Waals surface area contributed by atoms with Gasteiger partial charge in [-0.1, -0.05) is 0 Å². The molecule has 2 N–H and O–H groups in total. The number of urea groups is 1. The summed E-state index contributed by atoms with van der Waals surface area (Å²) in [6.45, 7) is 4.22. The molecule has 0 radical (unpaired) electrons. The molecule has 35 heavy (non-hydrogen) atoms. The summed E-state index contributed by atoms with van der Waals surface area (Å²) in [5.41, 5.74) is 2.84. The van der Waals surface area contributed by atoms with Crippen molar-refractivity contribution in [3.05, 3.63) is 65.9 Å². The summed E-state index contributed by atoms with van der Waals surface area (Å²) < 4.78 is 19.3. The standard InChI is InChI=1S/C24H21FN6O3S/c1-3-27-24(33)31-20-9-17(22-30-19(13-35-22)16-6-5-7-28-21(16)25)18(12-29-20)14-8-15(11-26-10-14)23(32)34-4-2/h5-13H,3-4H2,1-2H3,(H2,27,29,31,33). The van der Waals surface area contributed by atoms with E-state index in [0.717, 1.165) is 0 Å². The fourth-order valence-electron chi connectivity index (χ4n) is 3.26. The van der Waals surface area contributed by atoms with E-state index in [1.165, 1.54) is 23.7 Å².